The third kappa shape index (κ3) is 3.46. The van der Waals surface area contributed by atoms with Crippen LogP contribution in [0.1, 0.15) is 17.7 Å². The van der Waals surface area contributed by atoms with E-state index in [1.807, 2.05) is 30.3 Å². The molecule has 1 aliphatic heterocycles. The fourth-order valence-electron chi connectivity index (χ4n) is 2.87. The molecular weight excluding hydrogens is 356 g/mol. The number of halogens is 1. The van der Waals surface area contributed by atoms with Crippen molar-refractivity contribution in [3.05, 3.63) is 52.7 Å². The van der Waals surface area contributed by atoms with Gasteiger partial charge in [-0.2, -0.15) is 0 Å². The highest BCUT2D eigenvalue weighted by Gasteiger charge is 2.16. The van der Waals surface area contributed by atoms with Gasteiger partial charge in [-0.1, -0.05) is 28.9 Å². The summed E-state index contributed by atoms with van der Waals surface area (Å²) in [5.41, 5.74) is 2.14. The van der Waals surface area contributed by atoms with Crippen molar-refractivity contribution in [2.45, 2.75) is 19.4 Å². The SMILES string of the molecule is O=C(Cc1noc2ccccc12)NCc1cc(Cl)c2c(c1)OCCCO2. The first kappa shape index (κ1) is 16.7. The van der Waals surface area contributed by atoms with Crippen LogP contribution in [0, 0.1) is 0 Å². The lowest BCUT2D eigenvalue weighted by Crippen LogP contribution is -2.24. The number of aromatic nitrogens is 1. The summed E-state index contributed by atoms with van der Waals surface area (Å²) in [6.45, 7) is 1.50. The molecular formula is C19H17ClN2O4. The number of carbonyl (C=O) groups excluding carboxylic acids is 1. The molecule has 0 atom stereocenters. The monoisotopic (exact) mass is 372 g/mol. The summed E-state index contributed by atoms with van der Waals surface area (Å²) in [6, 6.07) is 11.1. The summed E-state index contributed by atoms with van der Waals surface area (Å²) < 4.78 is 16.5. The average Bonchev–Trinajstić information content (AvgIpc) is 2.88. The molecule has 6 nitrogen and oxygen atoms in total. The minimum atomic E-state index is -0.146. The van der Waals surface area contributed by atoms with E-state index in [4.69, 9.17) is 25.6 Å². The number of carbonyl (C=O) groups is 1. The number of nitrogens with one attached hydrogen (secondary N) is 1. The summed E-state index contributed by atoms with van der Waals surface area (Å²) in [5, 5.41) is 8.19. The van der Waals surface area contributed by atoms with Crippen LogP contribution in [0.15, 0.2) is 40.9 Å². The van der Waals surface area contributed by atoms with Crippen molar-refractivity contribution in [2.75, 3.05) is 13.2 Å². The Balaban J connectivity index is 1.43. The third-order valence-electron chi connectivity index (χ3n) is 4.13. The van der Waals surface area contributed by atoms with E-state index in [0.717, 1.165) is 17.4 Å². The largest absolute Gasteiger partial charge is 0.489 e. The molecule has 0 saturated heterocycles. The first-order valence-corrected chi connectivity index (χ1v) is 8.76. The van der Waals surface area contributed by atoms with Crippen LogP contribution in [0.4, 0.5) is 0 Å². The van der Waals surface area contributed by atoms with Crippen molar-refractivity contribution < 1.29 is 18.8 Å². The molecule has 1 aliphatic rings. The van der Waals surface area contributed by atoms with Gasteiger partial charge in [0.2, 0.25) is 5.91 Å². The Kier molecular flexibility index (Phi) is 4.67. The smallest absolute Gasteiger partial charge is 0.226 e. The molecule has 0 unspecified atom stereocenters. The van der Waals surface area contributed by atoms with E-state index in [-0.39, 0.29) is 12.3 Å². The number of rotatable bonds is 4. The van der Waals surface area contributed by atoms with Gasteiger partial charge in [0, 0.05) is 18.4 Å². The number of benzene rings is 2. The number of hydrogen-bond acceptors (Lipinski definition) is 5. The predicted octanol–water partition coefficient (Wildman–Crippen LogP) is 3.50. The van der Waals surface area contributed by atoms with E-state index in [1.165, 1.54) is 0 Å². The highest BCUT2D eigenvalue weighted by molar-refractivity contribution is 6.32. The maximum absolute atomic E-state index is 12.3. The van der Waals surface area contributed by atoms with E-state index in [2.05, 4.69) is 10.5 Å². The molecule has 2 heterocycles. The second-order valence-corrected chi connectivity index (χ2v) is 6.44. The molecule has 0 spiro atoms. The van der Waals surface area contributed by atoms with Crippen LogP contribution in [0.25, 0.3) is 11.0 Å². The van der Waals surface area contributed by atoms with E-state index in [9.17, 15) is 4.79 Å². The molecule has 0 bridgehead atoms. The number of para-hydroxylation sites is 1. The molecule has 1 aromatic heterocycles. The Morgan fingerprint density at radius 2 is 2.04 bits per heavy atom. The Labute approximate surface area is 155 Å². The van der Waals surface area contributed by atoms with Crippen LogP contribution in [0.5, 0.6) is 11.5 Å². The number of fused-ring (bicyclic) bond motifs is 2. The fourth-order valence-corrected chi connectivity index (χ4v) is 3.15. The Morgan fingerprint density at radius 3 is 2.96 bits per heavy atom. The van der Waals surface area contributed by atoms with Crippen LogP contribution in [0.3, 0.4) is 0 Å². The molecule has 0 radical (unpaired) electrons. The lowest BCUT2D eigenvalue weighted by Gasteiger charge is -2.12. The van der Waals surface area contributed by atoms with E-state index >= 15 is 0 Å². The minimum Gasteiger partial charge on any atom is -0.489 e. The second-order valence-electron chi connectivity index (χ2n) is 6.03. The zero-order chi connectivity index (χ0) is 17.9. The standard InChI is InChI=1S/C19H17ClN2O4/c20-14-8-12(9-17-19(14)25-7-3-6-24-17)11-21-18(23)10-15-13-4-1-2-5-16(13)26-22-15/h1-2,4-5,8-9H,3,6-7,10-11H2,(H,21,23). The Hall–Kier alpha value is -2.73. The van der Waals surface area contributed by atoms with Crippen molar-refractivity contribution in [1.29, 1.82) is 0 Å². The first-order valence-electron chi connectivity index (χ1n) is 8.39. The highest BCUT2D eigenvalue weighted by atomic mass is 35.5. The van der Waals surface area contributed by atoms with Crippen molar-refractivity contribution in [1.82, 2.24) is 10.5 Å². The van der Waals surface area contributed by atoms with Gasteiger partial charge in [-0.15, -0.1) is 0 Å². The maximum Gasteiger partial charge on any atom is 0.226 e. The molecule has 4 rings (SSSR count). The minimum absolute atomic E-state index is 0.146. The molecule has 1 N–H and O–H groups in total. The molecule has 134 valence electrons. The highest BCUT2D eigenvalue weighted by Crippen LogP contribution is 2.37. The molecule has 0 aliphatic carbocycles. The molecule has 0 saturated carbocycles. The fraction of sp³-hybridized carbons (Fsp3) is 0.263. The third-order valence-corrected chi connectivity index (χ3v) is 4.41. The van der Waals surface area contributed by atoms with Gasteiger partial charge in [-0.05, 0) is 29.8 Å². The summed E-state index contributed by atoms with van der Waals surface area (Å²) in [7, 11) is 0. The maximum atomic E-state index is 12.3. The van der Waals surface area contributed by atoms with Gasteiger partial charge in [0.15, 0.2) is 17.1 Å². The van der Waals surface area contributed by atoms with Crippen LogP contribution in [-0.4, -0.2) is 24.3 Å². The Morgan fingerprint density at radius 1 is 1.19 bits per heavy atom. The van der Waals surface area contributed by atoms with Crippen LogP contribution in [-0.2, 0) is 17.8 Å². The zero-order valence-electron chi connectivity index (χ0n) is 14.0. The quantitative estimate of drug-likeness (QED) is 0.758. The van der Waals surface area contributed by atoms with E-state index in [0.29, 0.717) is 47.6 Å². The van der Waals surface area contributed by atoms with Gasteiger partial charge < -0.3 is 19.3 Å². The summed E-state index contributed by atoms with van der Waals surface area (Å²) in [4.78, 5) is 12.3. The van der Waals surface area contributed by atoms with Gasteiger partial charge in [-0.3, -0.25) is 4.79 Å². The number of amides is 1. The topological polar surface area (TPSA) is 73.6 Å². The van der Waals surface area contributed by atoms with Gasteiger partial charge in [0.25, 0.3) is 0 Å². The van der Waals surface area contributed by atoms with E-state index in [1.54, 1.807) is 6.07 Å². The molecule has 2 aromatic carbocycles. The van der Waals surface area contributed by atoms with Crippen molar-refractivity contribution in [3.63, 3.8) is 0 Å². The van der Waals surface area contributed by atoms with Crippen LogP contribution < -0.4 is 14.8 Å². The van der Waals surface area contributed by atoms with Gasteiger partial charge >= 0.3 is 0 Å². The summed E-state index contributed by atoms with van der Waals surface area (Å²) in [6.07, 6.45) is 0.956. The van der Waals surface area contributed by atoms with Crippen molar-refractivity contribution >= 4 is 28.5 Å². The van der Waals surface area contributed by atoms with Gasteiger partial charge in [0.1, 0.15) is 5.69 Å². The summed E-state index contributed by atoms with van der Waals surface area (Å²) in [5.74, 6) is 1.03. The van der Waals surface area contributed by atoms with Crippen LogP contribution >= 0.6 is 11.6 Å². The summed E-state index contributed by atoms with van der Waals surface area (Å²) >= 11 is 6.28. The van der Waals surface area contributed by atoms with E-state index < -0.39 is 0 Å². The number of hydrogen-bond donors (Lipinski definition) is 1. The number of ether oxygens (including phenoxy) is 2. The number of nitrogens with zero attached hydrogens (tertiary/aromatic N) is 1. The van der Waals surface area contributed by atoms with Gasteiger partial charge in [0.05, 0.1) is 24.7 Å². The zero-order valence-corrected chi connectivity index (χ0v) is 14.7. The lowest BCUT2D eigenvalue weighted by atomic mass is 10.1. The molecule has 3 aromatic rings. The molecule has 1 amide bonds. The van der Waals surface area contributed by atoms with Gasteiger partial charge in [-0.25, -0.2) is 0 Å². The predicted molar refractivity (Wildman–Crippen MR) is 96.6 cm³/mol. The lowest BCUT2D eigenvalue weighted by molar-refractivity contribution is -0.120. The van der Waals surface area contributed by atoms with Crippen molar-refractivity contribution in [3.8, 4) is 11.5 Å². The normalized spacial score (nSPS) is 13.4. The first-order chi connectivity index (χ1) is 12.7. The van der Waals surface area contributed by atoms with Crippen LogP contribution in [0.2, 0.25) is 5.02 Å². The molecule has 26 heavy (non-hydrogen) atoms. The average molecular weight is 373 g/mol. The molecule has 0 fully saturated rings. The second kappa shape index (κ2) is 7.25. The molecule has 7 heteroatoms. The Bertz CT molecular complexity index is 954. The van der Waals surface area contributed by atoms with Crippen molar-refractivity contribution in [2.24, 2.45) is 0 Å².